The van der Waals surface area contributed by atoms with Gasteiger partial charge in [0.05, 0.1) is 6.04 Å². The van der Waals surface area contributed by atoms with E-state index in [1.54, 1.807) is 27.7 Å². The molecule has 7 heteroatoms. The minimum Gasteiger partial charge on any atom is -0.598 e. The molecule has 0 bridgehead atoms. The lowest BCUT2D eigenvalue weighted by atomic mass is 10.1. The summed E-state index contributed by atoms with van der Waals surface area (Å²) < 4.78 is 51.8. The molecule has 0 aliphatic rings. The third-order valence-corrected chi connectivity index (χ3v) is 4.09. The number of nitrogens with one attached hydrogen (secondary N) is 1. The van der Waals surface area contributed by atoms with Crippen molar-refractivity contribution in [3.05, 3.63) is 29.6 Å². The fourth-order valence-corrected chi connectivity index (χ4v) is 2.09. The van der Waals surface area contributed by atoms with Crippen LogP contribution >= 0.6 is 0 Å². The van der Waals surface area contributed by atoms with E-state index in [0.717, 1.165) is 12.3 Å². The van der Waals surface area contributed by atoms with Crippen molar-refractivity contribution in [2.75, 3.05) is 0 Å². The summed E-state index contributed by atoms with van der Waals surface area (Å²) >= 11 is -1.35. The minimum atomic E-state index is -4.47. The monoisotopic (exact) mass is 294 g/mol. The largest absolute Gasteiger partial charge is 0.598 e. The Labute approximate surface area is 113 Å². The fraction of sp³-hybridized carbons (Fsp3) is 0.583. The maximum atomic E-state index is 12.5. The number of aromatic nitrogens is 1. The second-order valence-corrected chi connectivity index (χ2v) is 7.19. The van der Waals surface area contributed by atoms with Crippen LogP contribution in [0, 0.1) is 0 Å². The maximum absolute atomic E-state index is 12.5. The summed E-state index contributed by atoms with van der Waals surface area (Å²) in [7, 11) is 0. The van der Waals surface area contributed by atoms with E-state index in [2.05, 4.69) is 9.71 Å². The van der Waals surface area contributed by atoms with Gasteiger partial charge in [-0.3, -0.25) is 4.98 Å². The van der Waals surface area contributed by atoms with Crippen LogP contribution < -0.4 is 4.72 Å². The van der Waals surface area contributed by atoms with Crippen LogP contribution in [0.4, 0.5) is 13.2 Å². The van der Waals surface area contributed by atoms with Gasteiger partial charge in [0.25, 0.3) is 0 Å². The number of alkyl halides is 3. The highest BCUT2D eigenvalue weighted by Gasteiger charge is 2.33. The smallest absolute Gasteiger partial charge is 0.433 e. The van der Waals surface area contributed by atoms with Crippen molar-refractivity contribution in [1.29, 1.82) is 0 Å². The molecule has 3 nitrogen and oxygen atoms in total. The van der Waals surface area contributed by atoms with Crippen molar-refractivity contribution in [3.63, 3.8) is 0 Å². The van der Waals surface area contributed by atoms with Gasteiger partial charge in [-0.15, -0.1) is 4.72 Å². The van der Waals surface area contributed by atoms with Crippen LogP contribution in [0.1, 0.15) is 45.0 Å². The van der Waals surface area contributed by atoms with Crippen LogP contribution in [0.2, 0.25) is 0 Å². The number of pyridine rings is 1. The Bertz CT molecular complexity index is 432. The second-order valence-electron chi connectivity index (χ2n) is 5.19. The Morgan fingerprint density at radius 2 is 1.89 bits per heavy atom. The lowest BCUT2D eigenvalue weighted by molar-refractivity contribution is -0.141. The van der Waals surface area contributed by atoms with Gasteiger partial charge in [-0.1, -0.05) is 0 Å². The van der Waals surface area contributed by atoms with Crippen molar-refractivity contribution in [3.8, 4) is 0 Å². The van der Waals surface area contributed by atoms with Crippen molar-refractivity contribution in [1.82, 2.24) is 9.71 Å². The first-order chi connectivity index (χ1) is 8.51. The number of halogens is 3. The van der Waals surface area contributed by atoms with Crippen LogP contribution in [0.3, 0.4) is 0 Å². The number of hydrogen-bond acceptors (Lipinski definition) is 3. The molecule has 19 heavy (non-hydrogen) atoms. The molecule has 108 valence electrons. The SMILES string of the molecule is CC(N[S+]([O-])C(C)(C)C)c1ccnc(C(F)(F)F)c1. The molecule has 0 radical (unpaired) electrons. The summed E-state index contributed by atoms with van der Waals surface area (Å²) in [4.78, 5) is 3.29. The number of hydrogen-bond donors (Lipinski definition) is 1. The zero-order valence-corrected chi connectivity index (χ0v) is 12.0. The summed E-state index contributed by atoms with van der Waals surface area (Å²) in [6, 6.07) is 1.99. The van der Waals surface area contributed by atoms with E-state index < -0.39 is 34.0 Å². The van der Waals surface area contributed by atoms with Crippen LogP contribution in [-0.2, 0) is 17.5 Å². The Kier molecular flexibility index (Phi) is 4.86. The molecular formula is C12H17F3N2OS. The van der Waals surface area contributed by atoms with E-state index in [1.165, 1.54) is 6.07 Å². The van der Waals surface area contributed by atoms with Crippen molar-refractivity contribution in [2.24, 2.45) is 0 Å². The standard InChI is InChI=1S/C12H17F3N2OS/c1-8(17-19(18)11(2,3)4)9-5-6-16-10(7-9)12(13,14)15/h5-8,17H,1-4H3. The van der Waals surface area contributed by atoms with Gasteiger partial charge in [0.15, 0.2) is 0 Å². The van der Waals surface area contributed by atoms with Crippen LogP contribution in [0.5, 0.6) is 0 Å². The molecule has 1 heterocycles. The normalized spacial score (nSPS) is 16.2. The first-order valence-corrected chi connectivity index (χ1v) is 6.88. The average Bonchev–Trinajstić information content (AvgIpc) is 2.26. The molecule has 0 aliphatic heterocycles. The Morgan fingerprint density at radius 3 is 2.37 bits per heavy atom. The van der Waals surface area contributed by atoms with Gasteiger partial charge in [0, 0.05) is 17.6 Å². The minimum absolute atomic E-state index is 0.403. The van der Waals surface area contributed by atoms with Gasteiger partial charge in [-0.25, -0.2) is 0 Å². The van der Waals surface area contributed by atoms with Crippen LogP contribution in [0.15, 0.2) is 18.3 Å². The van der Waals surface area contributed by atoms with Gasteiger partial charge in [-0.05, 0) is 45.4 Å². The molecule has 2 atom stereocenters. The van der Waals surface area contributed by atoms with E-state index in [9.17, 15) is 17.7 Å². The van der Waals surface area contributed by atoms with E-state index in [1.807, 2.05) is 0 Å². The lowest BCUT2D eigenvalue weighted by Crippen LogP contribution is -2.40. The molecule has 0 aliphatic carbocycles. The highest BCUT2D eigenvalue weighted by molar-refractivity contribution is 7.90. The van der Waals surface area contributed by atoms with Crippen LogP contribution in [0.25, 0.3) is 0 Å². The predicted octanol–water partition coefficient (Wildman–Crippen LogP) is 3.21. The van der Waals surface area contributed by atoms with E-state index in [4.69, 9.17) is 0 Å². The molecule has 0 fully saturated rings. The van der Waals surface area contributed by atoms with Gasteiger partial charge in [0.2, 0.25) is 0 Å². The van der Waals surface area contributed by atoms with Gasteiger partial charge in [0.1, 0.15) is 10.4 Å². The van der Waals surface area contributed by atoms with Gasteiger partial charge in [-0.2, -0.15) is 13.2 Å². The van der Waals surface area contributed by atoms with Crippen molar-refractivity contribution >= 4 is 11.4 Å². The van der Waals surface area contributed by atoms with Gasteiger partial charge < -0.3 is 4.55 Å². The van der Waals surface area contributed by atoms with E-state index >= 15 is 0 Å². The van der Waals surface area contributed by atoms with Crippen LogP contribution in [-0.4, -0.2) is 14.3 Å². The molecule has 0 saturated heterocycles. The first-order valence-electron chi connectivity index (χ1n) is 5.73. The molecule has 0 amide bonds. The summed E-state index contributed by atoms with van der Waals surface area (Å²) in [6.45, 7) is 7.03. The van der Waals surface area contributed by atoms with E-state index in [-0.39, 0.29) is 0 Å². The molecule has 1 aromatic rings. The first kappa shape index (κ1) is 16.3. The maximum Gasteiger partial charge on any atom is 0.433 e. The third kappa shape index (κ3) is 4.67. The summed E-state index contributed by atoms with van der Waals surface area (Å²) in [5, 5.41) is 0. The lowest BCUT2D eigenvalue weighted by Gasteiger charge is -2.26. The Balaban J connectivity index is 2.86. The molecule has 1 rings (SSSR count). The summed E-state index contributed by atoms with van der Waals surface area (Å²) in [6.07, 6.45) is -3.37. The van der Waals surface area contributed by atoms with Gasteiger partial charge >= 0.3 is 6.18 Å². The quantitative estimate of drug-likeness (QED) is 0.871. The van der Waals surface area contributed by atoms with Crippen molar-refractivity contribution in [2.45, 2.75) is 44.7 Å². The molecule has 0 aromatic carbocycles. The predicted molar refractivity (Wildman–Crippen MR) is 68.7 cm³/mol. The highest BCUT2D eigenvalue weighted by Crippen LogP contribution is 2.29. The molecule has 1 aromatic heterocycles. The second kappa shape index (κ2) is 5.68. The average molecular weight is 294 g/mol. The summed E-state index contributed by atoms with van der Waals surface area (Å²) in [5.41, 5.74) is -0.542. The molecule has 1 N–H and O–H groups in total. The third-order valence-electron chi connectivity index (χ3n) is 2.41. The van der Waals surface area contributed by atoms with E-state index in [0.29, 0.717) is 5.56 Å². The van der Waals surface area contributed by atoms with Crippen molar-refractivity contribution < 1.29 is 17.7 Å². The Morgan fingerprint density at radius 1 is 1.32 bits per heavy atom. The molecule has 0 saturated carbocycles. The molecular weight excluding hydrogens is 277 g/mol. The topological polar surface area (TPSA) is 48.0 Å². The summed E-state index contributed by atoms with van der Waals surface area (Å²) in [5.74, 6) is 0. The zero-order chi connectivity index (χ0) is 14.8. The molecule has 2 unspecified atom stereocenters. The number of rotatable bonds is 3. The Hall–Kier alpha value is -0.790. The zero-order valence-electron chi connectivity index (χ0n) is 11.2. The number of nitrogens with zero attached hydrogens (tertiary/aromatic N) is 1. The highest BCUT2D eigenvalue weighted by atomic mass is 32.2. The molecule has 0 spiro atoms. The fourth-order valence-electron chi connectivity index (χ4n) is 1.28.